The van der Waals surface area contributed by atoms with Crippen molar-refractivity contribution in [1.29, 1.82) is 0 Å². The molecule has 0 fully saturated rings. The van der Waals surface area contributed by atoms with Gasteiger partial charge in [-0.2, -0.15) is 10.2 Å². The van der Waals surface area contributed by atoms with Crippen molar-refractivity contribution in [3.05, 3.63) is 29.6 Å². The fourth-order valence-electron chi connectivity index (χ4n) is 2.08. The fourth-order valence-corrected chi connectivity index (χ4v) is 2.08. The highest BCUT2D eigenvalue weighted by Gasteiger charge is 2.22. The molecule has 19 heavy (non-hydrogen) atoms. The predicted octanol–water partition coefficient (Wildman–Crippen LogP) is 1.69. The molecule has 6 heteroatoms. The second-order valence-electron chi connectivity index (χ2n) is 5.90. The Hall–Kier alpha value is -1.69. The van der Waals surface area contributed by atoms with Crippen molar-refractivity contribution in [3.63, 3.8) is 0 Å². The second kappa shape index (κ2) is 5.13. The molecule has 0 saturated heterocycles. The van der Waals surface area contributed by atoms with Crippen LogP contribution in [0.4, 0.5) is 0 Å². The van der Waals surface area contributed by atoms with Crippen LogP contribution in [0.2, 0.25) is 0 Å². The molecule has 1 unspecified atom stereocenters. The van der Waals surface area contributed by atoms with E-state index in [1.54, 1.807) is 0 Å². The first-order valence-electron chi connectivity index (χ1n) is 6.49. The van der Waals surface area contributed by atoms with Gasteiger partial charge in [0.2, 0.25) is 0 Å². The predicted molar refractivity (Wildman–Crippen MR) is 73.5 cm³/mol. The average molecular weight is 262 g/mol. The number of nitrogens with one attached hydrogen (secondary N) is 2. The van der Waals surface area contributed by atoms with Gasteiger partial charge in [0, 0.05) is 30.8 Å². The summed E-state index contributed by atoms with van der Waals surface area (Å²) in [4.78, 5) is 4.15. The Morgan fingerprint density at radius 2 is 2.16 bits per heavy atom. The van der Waals surface area contributed by atoms with Crippen LogP contribution in [0, 0.1) is 0 Å². The molecule has 0 aliphatic rings. The van der Waals surface area contributed by atoms with Crippen molar-refractivity contribution < 1.29 is 0 Å². The maximum Gasteiger partial charge on any atom is 0.141 e. The molecular weight excluding hydrogens is 240 g/mol. The van der Waals surface area contributed by atoms with Crippen LogP contribution in [0.5, 0.6) is 0 Å². The SMILES string of the molecule is CC(NCc1cn(C)nc1C(C)(C)C)c1ncn[nH]1. The Labute approximate surface area is 113 Å². The highest BCUT2D eigenvalue weighted by atomic mass is 15.3. The van der Waals surface area contributed by atoms with Crippen LogP contribution in [0.25, 0.3) is 0 Å². The van der Waals surface area contributed by atoms with Crippen LogP contribution in [-0.2, 0) is 19.0 Å². The lowest BCUT2D eigenvalue weighted by molar-refractivity contribution is 0.522. The molecule has 0 radical (unpaired) electrons. The Morgan fingerprint density at radius 1 is 1.42 bits per heavy atom. The van der Waals surface area contributed by atoms with Crippen LogP contribution >= 0.6 is 0 Å². The highest BCUT2D eigenvalue weighted by Crippen LogP contribution is 2.24. The highest BCUT2D eigenvalue weighted by molar-refractivity contribution is 5.24. The molecule has 0 aromatic carbocycles. The van der Waals surface area contributed by atoms with Crippen LogP contribution < -0.4 is 5.32 Å². The summed E-state index contributed by atoms with van der Waals surface area (Å²) in [6.07, 6.45) is 3.60. The van der Waals surface area contributed by atoms with Crippen molar-refractivity contribution in [2.45, 2.75) is 45.7 Å². The van der Waals surface area contributed by atoms with Gasteiger partial charge < -0.3 is 5.32 Å². The van der Waals surface area contributed by atoms with Gasteiger partial charge in [-0.15, -0.1) is 0 Å². The number of hydrogen-bond acceptors (Lipinski definition) is 4. The lowest BCUT2D eigenvalue weighted by Crippen LogP contribution is -2.22. The molecule has 0 amide bonds. The zero-order valence-corrected chi connectivity index (χ0v) is 12.2. The number of nitrogens with zero attached hydrogens (tertiary/aromatic N) is 4. The van der Waals surface area contributed by atoms with Gasteiger partial charge in [0.15, 0.2) is 0 Å². The Kier molecular flexibility index (Phi) is 3.71. The minimum absolute atomic E-state index is 0.0494. The van der Waals surface area contributed by atoms with Crippen molar-refractivity contribution in [2.24, 2.45) is 7.05 Å². The fraction of sp³-hybridized carbons (Fsp3) is 0.615. The summed E-state index contributed by atoms with van der Waals surface area (Å²) in [5.41, 5.74) is 2.40. The summed E-state index contributed by atoms with van der Waals surface area (Å²) in [6, 6.07) is 0.135. The van der Waals surface area contributed by atoms with E-state index in [1.165, 1.54) is 11.9 Å². The molecule has 1 atom stereocenters. The van der Waals surface area contributed by atoms with Crippen molar-refractivity contribution in [1.82, 2.24) is 30.3 Å². The molecular formula is C13H22N6. The van der Waals surface area contributed by atoms with Gasteiger partial charge in [0.25, 0.3) is 0 Å². The maximum atomic E-state index is 4.56. The molecule has 6 nitrogen and oxygen atoms in total. The molecule has 104 valence electrons. The maximum absolute atomic E-state index is 4.56. The summed E-state index contributed by atoms with van der Waals surface area (Å²) in [5, 5.41) is 14.7. The Bertz CT molecular complexity index is 520. The quantitative estimate of drug-likeness (QED) is 0.879. The molecule has 2 heterocycles. The summed E-state index contributed by atoms with van der Waals surface area (Å²) < 4.78 is 1.87. The molecule has 2 aromatic rings. The van der Waals surface area contributed by atoms with Crippen LogP contribution in [-0.4, -0.2) is 25.0 Å². The standard InChI is InChI=1S/C13H22N6/c1-9(12-15-8-16-17-12)14-6-10-7-19(5)18-11(10)13(2,3)4/h7-9,14H,6H2,1-5H3,(H,15,16,17). The van der Waals surface area contributed by atoms with E-state index < -0.39 is 0 Å². The number of aryl methyl sites for hydroxylation is 1. The van der Waals surface area contributed by atoms with Crippen LogP contribution in [0.1, 0.15) is 50.8 Å². The summed E-state index contributed by atoms with van der Waals surface area (Å²) in [7, 11) is 1.96. The van der Waals surface area contributed by atoms with Gasteiger partial charge in [0.1, 0.15) is 12.2 Å². The Balaban J connectivity index is 2.08. The molecule has 0 spiro atoms. The van der Waals surface area contributed by atoms with Crippen LogP contribution in [0.15, 0.2) is 12.5 Å². The van der Waals surface area contributed by atoms with E-state index >= 15 is 0 Å². The van der Waals surface area contributed by atoms with Crippen LogP contribution in [0.3, 0.4) is 0 Å². The van der Waals surface area contributed by atoms with E-state index in [0.717, 1.165) is 18.1 Å². The van der Waals surface area contributed by atoms with E-state index in [-0.39, 0.29) is 11.5 Å². The zero-order chi connectivity index (χ0) is 14.0. The van der Waals surface area contributed by atoms with Gasteiger partial charge in [-0.05, 0) is 6.92 Å². The third-order valence-corrected chi connectivity index (χ3v) is 3.06. The normalized spacial score (nSPS) is 13.7. The third-order valence-electron chi connectivity index (χ3n) is 3.06. The smallest absolute Gasteiger partial charge is 0.141 e. The molecule has 0 saturated carbocycles. The zero-order valence-electron chi connectivity index (χ0n) is 12.2. The molecule has 0 bridgehead atoms. The van der Waals surface area contributed by atoms with Gasteiger partial charge in [0.05, 0.1) is 11.7 Å². The summed E-state index contributed by atoms with van der Waals surface area (Å²) in [6.45, 7) is 9.37. The first-order valence-corrected chi connectivity index (χ1v) is 6.49. The number of aromatic nitrogens is 5. The summed E-state index contributed by atoms with van der Waals surface area (Å²) >= 11 is 0. The third kappa shape index (κ3) is 3.20. The average Bonchev–Trinajstić information content (AvgIpc) is 2.93. The topological polar surface area (TPSA) is 71.4 Å². The minimum Gasteiger partial charge on any atom is -0.303 e. The molecule has 2 N–H and O–H groups in total. The van der Waals surface area contributed by atoms with E-state index in [9.17, 15) is 0 Å². The first-order chi connectivity index (χ1) is 8.88. The Morgan fingerprint density at radius 3 is 2.74 bits per heavy atom. The van der Waals surface area contributed by atoms with Crippen molar-refractivity contribution in [2.75, 3.05) is 0 Å². The number of aromatic amines is 1. The van der Waals surface area contributed by atoms with E-state index in [4.69, 9.17) is 0 Å². The van der Waals surface area contributed by atoms with E-state index in [1.807, 2.05) is 11.7 Å². The van der Waals surface area contributed by atoms with Gasteiger partial charge in [-0.1, -0.05) is 20.8 Å². The lowest BCUT2D eigenvalue weighted by atomic mass is 9.89. The number of hydrogen-bond donors (Lipinski definition) is 2. The first kappa shape index (κ1) is 13.7. The van der Waals surface area contributed by atoms with Crippen molar-refractivity contribution in [3.8, 4) is 0 Å². The molecule has 2 rings (SSSR count). The van der Waals surface area contributed by atoms with E-state index in [0.29, 0.717) is 0 Å². The largest absolute Gasteiger partial charge is 0.303 e. The van der Waals surface area contributed by atoms with Gasteiger partial charge in [-0.3, -0.25) is 9.78 Å². The molecule has 2 aromatic heterocycles. The molecule has 0 aliphatic carbocycles. The summed E-state index contributed by atoms with van der Waals surface area (Å²) in [5.74, 6) is 0.848. The van der Waals surface area contributed by atoms with Gasteiger partial charge >= 0.3 is 0 Å². The van der Waals surface area contributed by atoms with Gasteiger partial charge in [-0.25, -0.2) is 4.98 Å². The number of H-pyrrole nitrogens is 1. The number of rotatable bonds is 4. The van der Waals surface area contributed by atoms with Crippen molar-refractivity contribution >= 4 is 0 Å². The minimum atomic E-state index is 0.0494. The molecule has 0 aliphatic heterocycles. The van der Waals surface area contributed by atoms with E-state index in [2.05, 4.69) is 59.5 Å². The lowest BCUT2D eigenvalue weighted by Gasteiger charge is -2.18. The second-order valence-corrected chi connectivity index (χ2v) is 5.90. The monoisotopic (exact) mass is 262 g/mol.